The van der Waals surface area contributed by atoms with Crippen molar-refractivity contribution in [2.24, 2.45) is 0 Å². The number of rotatable bonds is 8. The number of likely N-dealkylation sites (tertiary alicyclic amines) is 1. The number of benzene rings is 2. The van der Waals surface area contributed by atoms with Crippen molar-refractivity contribution in [2.75, 3.05) is 26.7 Å². The molecule has 0 aliphatic carbocycles. The lowest BCUT2D eigenvalue weighted by Gasteiger charge is -2.30. The molecule has 4 heteroatoms. The van der Waals surface area contributed by atoms with Gasteiger partial charge in [-0.05, 0) is 49.1 Å². The smallest absolute Gasteiger partial charge is 0.119 e. The van der Waals surface area contributed by atoms with Crippen molar-refractivity contribution in [1.29, 1.82) is 0 Å². The van der Waals surface area contributed by atoms with Crippen LogP contribution in [0.2, 0.25) is 0 Å². The van der Waals surface area contributed by atoms with Gasteiger partial charge in [0.1, 0.15) is 5.75 Å². The zero-order valence-electron chi connectivity index (χ0n) is 16.4. The van der Waals surface area contributed by atoms with Gasteiger partial charge >= 0.3 is 0 Å². The molecule has 0 radical (unpaired) electrons. The minimum atomic E-state index is -0.380. The molecule has 1 saturated heterocycles. The molecule has 0 amide bonds. The predicted octanol–water partition coefficient (Wildman–Crippen LogP) is 4.98. The van der Waals surface area contributed by atoms with Crippen LogP contribution in [0.4, 0.5) is 0 Å². The van der Waals surface area contributed by atoms with E-state index < -0.39 is 0 Å². The SMILES string of the molecule is CCCC1(c2cccc(OC)c2)CCN(CCC(O)c2ccccc2)C1.Cl. The Bertz CT molecular complexity index is 694. The summed E-state index contributed by atoms with van der Waals surface area (Å²) < 4.78 is 5.45. The Balaban J connectivity index is 0.00000261. The Morgan fingerprint density at radius 3 is 2.63 bits per heavy atom. The minimum absolute atomic E-state index is 0. The van der Waals surface area contributed by atoms with Gasteiger partial charge in [0.2, 0.25) is 0 Å². The minimum Gasteiger partial charge on any atom is -0.497 e. The standard InChI is InChI=1S/C23H31NO2.ClH/c1-3-13-23(20-10-7-11-21(17-20)26-2)14-16-24(18-23)15-12-22(25)19-8-5-4-6-9-19;/h4-11,17,22,25H,3,12-16,18H2,1-2H3;1H. The maximum Gasteiger partial charge on any atom is 0.119 e. The van der Waals surface area contributed by atoms with Crippen LogP contribution in [-0.2, 0) is 5.41 Å². The average molecular weight is 390 g/mol. The number of hydrogen-bond donors (Lipinski definition) is 1. The normalized spacial score (nSPS) is 20.9. The Morgan fingerprint density at radius 1 is 1.15 bits per heavy atom. The van der Waals surface area contributed by atoms with E-state index in [1.54, 1.807) is 7.11 Å². The third-order valence-electron chi connectivity index (χ3n) is 5.75. The van der Waals surface area contributed by atoms with Crippen LogP contribution >= 0.6 is 12.4 Å². The number of ether oxygens (including phenoxy) is 1. The summed E-state index contributed by atoms with van der Waals surface area (Å²) in [5, 5.41) is 10.5. The molecule has 1 aliphatic rings. The first-order chi connectivity index (χ1) is 12.7. The van der Waals surface area contributed by atoms with Crippen LogP contribution in [0.1, 0.15) is 49.8 Å². The number of methoxy groups -OCH3 is 1. The van der Waals surface area contributed by atoms with Crippen LogP contribution in [0.15, 0.2) is 54.6 Å². The van der Waals surface area contributed by atoms with E-state index in [-0.39, 0.29) is 23.9 Å². The Labute approximate surface area is 169 Å². The Kier molecular flexibility index (Phi) is 8.15. The fourth-order valence-electron chi connectivity index (χ4n) is 4.31. The lowest BCUT2D eigenvalue weighted by molar-refractivity contribution is 0.147. The molecule has 2 atom stereocenters. The van der Waals surface area contributed by atoms with Gasteiger partial charge in [-0.2, -0.15) is 0 Å². The summed E-state index contributed by atoms with van der Waals surface area (Å²) in [7, 11) is 1.73. The topological polar surface area (TPSA) is 32.7 Å². The average Bonchev–Trinajstić information content (AvgIpc) is 3.11. The first-order valence-corrected chi connectivity index (χ1v) is 9.77. The van der Waals surface area contributed by atoms with Crippen molar-refractivity contribution in [3.05, 3.63) is 65.7 Å². The summed E-state index contributed by atoms with van der Waals surface area (Å²) in [6, 6.07) is 18.6. The van der Waals surface area contributed by atoms with Crippen molar-refractivity contribution in [1.82, 2.24) is 4.90 Å². The molecule has 2 aromatic carbocycles. The molecule has 1 heterocycles. The molecular formula is C23H32ClNO2. The van der Waals surface area contributed by atoms with Crippen LogP contribution < -0.4 is 4.74 Å². The molecule has 1 N–H and O–H groups in total. The van der Waals surface area contributed by atoms with Crippen molar-refractivity contribution in [3.8, 4) is 5.75 Å². The van der Waals surface area contributed by atoms with Crippen LogP contribution in [0, 0.1) is 0 Å². The van der Waals surface area contributed by atoms with Gasteiger partial charge in [0.05, 0.1) is 13.2 Å². The Hall–Kier alpha value is -1.55. The second-order valence-corrected chi connectivity index (χ2v) is 7.50. The van der Waals surface area contributed by atoms with E-state index in [2.05, 4.69) is 30.0 Å². The number of aliphatic hydroxyl groups excluding tert-OH is 1. The molecule has 3 rings (SSSR count). The highest BCUT2D eigenvalue weighted by atomic mass is 35.5. The monoisotopic (exact) mass is 389 g/mol. The second kappa shape index (κ2) is 10.1. The van der Waals surface area contributed by atoms with Crippen LogP contribution in [0.5, 0.6) is 5.75 Å². The van der Waals surface area contributed by atoms with Crippen LogP contribution in [0.25, 0.3) is 0 Å². The largest absolute Gasteiger partial charge is 0.497 e. The van der Waals surface area contributed by atoms with E-state index in [9.17, 15) is 5.11 Å². The van der Waals surface area contributed by atoms with Crippen molar-refractivity contribution < 1.29 is 9.84 Å². The summed E-state index contributed by atoms with van der Waals surface area (Å²) in [4.78, 5) is 2.52. The van der Waals surface area contributed by atoms with Gasteiger partial charge in [0, 0.05) is 18.5 Å². The zero-order chi connectivity index (χ0) is 18.4. The Morgan fingerprint density at radius 2 is 1.93 bits per heavy atom. The highest BCUT2D eigenvalue weighted by Crippen LogP contribution is 2.40. The van der Waals surface area contributed by atoms with Gasteiger partial charge in [0.25, 0.3) is 0 Å². The first kappa shape index (κ1) is 21.7. The quantitative estimate of drug-likeness (QED) is 0.690. The van der Waals surface area contributed by atoms with Gasteiger partial charge in [-0.3, -0.25) is 0 Å². The number of hydrogen-bond acceptors (Lipinski definition) is 3. The summed E-state index contributed by atoms with van der Waals surface area (Å²) in [6.45, 7) is 5.36. The van der Waals surface area contributed by atoms with Crippen molar-refractivity contribution in [2.45, 2.75) is 44.1 Å². The fourth-order valence-corrected chi connectivity index (χ4v) is 4.31. The van der Waals surface area contributed by atoms with E-state index in [1.165, 1.54) is 24.8 Å². The van der Waals surface area contributed by atoms with Crippen LogP contribution in [-0.4, -0.2) is 36.8 Å². The third-order valence-corrected chi connectivity index (χ3v) is 5.75. The summed E-state index contributed by atoms with van der Waals surface area (Å²) in [5.41, 5.74) is 2.62. The fraction of sp³-hybridized carbons (Fsp3) is 0.478. The molecular weight excluding hydrogens is 358 g/mol. The maximum atomic E-state index is 10.5. The molecule has 2 aromatic rings. The maximum absolute atomic E-state index is 10.5. The molecule has 0 spiro atoms. The molecule has 148 valence electrons. The van der Waals surface area contributed by atoms with E-state index in [0.29, 0.717) is 0 Å². The lowest BCUT2D eigenvalue weighted by atomic mass is 9.76. The van der Waals surface area contributed by atoms with Crippen LogP contribution in [0.3, 0.4) is 0 Å². The molecule has 0 aromatic heterocycles. The molecule has 0 saturated carbocycles. The number of nitrogens with zero attached hydrogens (tertiary/aromatic N) is 1. The molecule has 3 nitrogen and oxygen atoms in total. The van der Waals surface area contributed by atoms with Gasteiger partial charge in [-0.15, -0.1) is 12.4 Å². The highest BCUT2D eigenvalue weighted by molar-refractivity contribution is 5.85. The predicted molar refractivity (Wildman–Crippen MR) is 114 cm³/mol. The molecule has 27 heavy (non-hydrogen) atoms. The molecule has 0 bridgehead atoms. The van der Waals surface area contributed by atoms with E-state index in [0.717, 1.165) is 37.4 Å². The lowest BCUT2D eigenvalue weighted by Crippen LogP contribution is -2.32. The van der Waals surface area contributed by atoms with Gasteiger partial charge in [0.15, 0.2) is 0 Å². The number of aliphatic hydroxyl groups is 1. The first-order valence-electron chi connectivity index (χ1n) is 9.77. The van der Waals surface area contributed by atoms with E-state index in [1.807, 2.05) is 36.4 Å². The van der Waals surface area contributed by atoms with E-state index >= 15 is 0 Å². The summed E-state index contributed by atoms with van der Waals surface area (Å²) in [6.07, 6.45) is 3.95. The number of halogens is 1. The molecule has 1 aliphatic heterocycles. The van der Waals surface area contributed by atoms with Crippen molar-refractivity contribution >= 4 is 12.4 Å². The molecule has 2 unspecified atom stereocenters. The third kappa shape index (κ3) is 5.25. The zero-order valence-corrected chi connectivity index (χ0v) is 17.3. The summed E-state index contributed by atoms with van der Waals surface area (Å²) >= 11 is 0. The second-order valence-electron chi connectivity index (χ2n) is 7.50. The summed E-state index contributed by atoms with van der Waals surface area (Å²) in [5.74, 6) is 0.941. The highest BCUT2D eigenvalue weighted by Gasteiger charge is 2.38. The molecule has 1 fully saturated rings. The van der Waals surface area contributed by atoms with Gasteiger partial charge in [-0.25, -0.2) is 0 Å². The van der Waals surface area contributed by atoms with Crippen molar-refractivity contribution in [3.63, 3.8) is 0 Å². The van der Waals surface area contributed by atoms with Gasteiger partial charge in [-0.1, -0.05) is 55.8 Å². The van der Waals surface area contributed by atoms with Gasteiger partial charge < -0.3 is 14.7 Å². The van der Waals surface area contributed by atoms with E-state index in [4.69, 9.17) is 4.74 Å².